The van der Waals surface area contributed by atoms with E-state index >= 15 is 0 Å². The number of para-hydroxylation sites is 1. The fourth-order valence-corrected chi connectivity index (χ4v) is 18.1. The number of aromatic nitrogens is 12. The summed E-state index contributed by atoms with van der Waals surface area (Å²) in [5, 5.41) is 0. The Bertz CT molecular complexity index is 7340. The van der Waals surface area contributed by atoms with E-state index in [0.717, 1.165) is 17.3 Å². The normalized spacial score (nSPS) is 10.4. The van der Waals surface area contributed by atoms with Gasteiger partial charge in [-0.15, -0.1) is 0 Å². The molecule has 0 fully saturated rings. The quantitative estimate of drug-likeness (QED) is 0.126. The maximum atomic E-state index is 4.43. The summed E-state index contributed by atoms with van der Waals surface area (Å²) in [5.41, 5.74) is 47.1. The number of nitrogens with zero attached hydrogens (tertiary/aromatic N) is 12. The molecule has 19 aromatic rings. The lowest BCUT2D eigenvalue weighted by Gasteiger charge is -2.10. The van der Waals surface area contributed by atoms with Gasteiger partial charge in [-0.25, -0.2) is 41.5 Å². The zero-order valence-corrected chi connectivity index (χ0v) is 89.2. The highest BCUT2D eigenvalue weighted by Crippen LogP contribution is 2.31. The standard InChI is InChI=1S/C16H20N.2C15H18N.C14H15N4.4C14H16N.C13H14N/c1-11-8-6-7-9-15(11)16-14(4)13(3)12(2)10-17(16)5;1-11-9-13(3)15(16(4)10-11)14-8-6-5-7-12(14)2;1-11-7-5-6-8-14(11)15-9-12(2)13(3)10-16(15)4;1-16-9-8-15-13(16)14-17(2)10-11-18(14)12-6-4-3-5-7-12;1-11-7-4-5-9-13(11)14-12(2)8-6-10-15(14)3;1-11-7-4-5-9-13(11)14-10-6-8-12(2)15(14)3;1-11-8-9-15(3)14(10-11)13-7-5-4-6-12(13)2;1-11-8-9-14(15(3)10-11)13-7-5-4-6-12(13)2;1-11-7-3-4-8-12(11)13-9-5-6-10-14(13)2/h6-10H,1-5H3;2*5-10H,1-4H3;3-11H,1-2H3;4*4-10H,1-3H3;3-10H,1-2H3/q9*+1. The summed E-state index contributed by atoms with van der Waals surface area (Å²) < 4.78 is 23.8. The van der Waals surface area contributed by atoms with Crippen molar-refractivity contribution in [3.05, 3.63) is 483 Å². The largest absolute Gasteiger partial charge is 0.330 e. The molecule has 9 aromatic carbocycles. The van der Waals surface area contributed by atoms with Crippen molar-refractivity contribution in [3.63, 3.8) is 0 Å². The predicted molar refractivity (Wildman–Crippen MR) is 584 cm³/mol. The van der Waals surface area contributed by atoms with Gasteiger partial charge in [-0.1, -0.05) is 164 Å². The van der Waals surface area contributed by atoms with Crippen LogP contribution in [-0.4, -0.2) is 14.1 Å². The van der Waals surface area contributed by atoms with Gasteiger partial charge in [0.2, 0.25) is 51.4 Å². The molecule has 0 aliphatic heterocycles. The van der Waals surface area contributed by atoms with Crippen molar-refractivity contribution in [3.8, 4) is 107 Å². The van der Waals surface area contributed by atoms with Crippen LogP contribution in [0.4, 0.5) is 0 Å². The summed E-state index contributed by atoms with van der Waals surface area (Å²) in [6.07, 6.45) is 22.9. The first-order chi connectivity index (χ1) is 67.5. The van der Waals surface area contributed by atoms with Crippen LogP contribution in [0, 0.1) is 132 Å². The molecule has 12 nitrogen and oxygen atoms in total. The van der Waals surface area contributed by atoms with Gasteiger partial charge < -0.3 is 4.57 Å². The molecule has 10 aromatic heterocycles. The molecule has 10 heterocycles. The maximum Gasteiger partial charge on any atom is 0.330 e. The average molecular weight is 1870 g/mol. The minimum Gasteiger partial charge on any atom is -0.328 e. The first kappa shape index (κ1) is 106. The van der Waals surface area contributed by atoms with Crippen molar-refractivity contribution in [2.45, 2.75) is 132 Å². The molecule has 0 atom stereocenters. The van der Waals surface area contributed by atoms with Gasteiger partial charge in [0.25, 0.3) is 0 Å². The van der Waals surface area contributed by atoms with Gasteiger partial charge in [0.05, 0.1) is 7.05 Å². The monoisotopic (exact) mass is 1870 g/mol. The van der Waals surface area contributed by atoms with E-state index in [1.165, 1.54) is 196 Å². The maximum absolute atomic E-state index is 4.43. The van der Waals surface area contributed by atoms with Gasteiger partial charge >= 0.3 is 5.82 Å². The highest BCUT2D eigenvalue weighted by atomic mass is 15.2. The Labute approximate surface area is 842 Å². The second kappa shape index (κ2) is 50.3. The molecule has 0 spiro atoms. The number of rotatable bonds is 10. The molecule has 0 saturated carbocycles. The van der Waals surface area contributed by atoms with Crippen LogP contribution in [0.5, 0.6) is 0 Å². The van der Waals surface area contributed by atoms with Crippen LogP contribution >= 0.6 is 0 Å². The summed E-state index contributed by atoms with van der Waals surface area (Å²) in [7, 11) is 20.8. The fraction of sp³-hybridized carbons (Fsp3) is 0.225. The van der Waals surface area contributed by atoms with E-state index in [4.69, 9.17) is 0 Å². The first-order valence-corrected chi connectivity index (χ1v) is 48.8. The molecule has 141 heavy (non-hydrogen) atoms. The van der Waals surface area contributed by atoms with Crippen LogP contribution in [0.2, 0.25) is 0 Å². The first-order valence-electron chi connectivity index (χ1n) is 48.8. The van der Waals surface area contributed by atoms with Crippen molar-refractivity contribution in [2.24, 2.45) is 70.5 Å². The third-order valence-electron chi connectivity index (χ3n) is 26.4. The van der Waals surface area contributed by atoms with Crippen molar-refractivity contribution in [1.82, 2.24) is 14.1 Å². The Morgan fingerprint density at radius 2 is 0.610 bits per heavy atom. The molecule has 0 unspecified atom stereocenters. The Morgan fingerprint density at radius 1 is 0.220 bits per heavy atom. The van der Waals surface area contributed by atoms with Crippen LogP contribution < -0.4 is 41.1 Å². The smallest absolute Gasteiger partial charge is 0.328 e. The van der Waals surface area contributed by atoms with E-state index in [-0.39, 0.29) is 0 Å². The van der Waals surface area contributed by atoms with Crippen molar-refractivity contribution in [1.29, 1.82) is 0 Å². The predicted octanol–water partition coefficient (Wildman–Crippen LogP) is 25.0. The summed E-state index contributed by atoms with van der Waals surface area (Å²) in [6, 6.07) is 108. The molecule has 0 amide bonds. The minimum absolute atomic E-state index is 0.950. The molecule has 0 aliphatic rings. The van der Waals surface area contributed by atoms with Crippen LogP contribution in [0.25, 0.3) is 107 Å². The third kappa shape index (κ3) is 27.6. The number of imidazole rings is 2. The molecule has 0 bridgehead atoms. The SMILES string of the molecule is Cc1cc(-c2ccccc2C)[n+](C)cc1C.Cc1cc(C)c(-c2ccccc2C)[n+](C)c1.Cc1cc[n+](C)c(-c2ccccc2C)c1.Cc1ccc(-c2ccccc2C)[n+](C)c1.Cc1ccccc1-c1c(C)c(C)c(C)c[n+]1C.Cc1ccccc1-c1c(C)ccc[n+]1C.Cc1ccccc1-c1cccc(C)[n+]1C.Cc1ccccc1-c1cccc[n+]1C.Cn1ccnc1-c1n(-c2ccccc2)cc[n+]1C. The molecule has 12 heteroatoms. The van der Waals surface area contributed by atoms with Crippen LogP contribution in [0.15, 0.2) is 378 Å². The van der Waals surface area contributed by atoms with Gasteiger partial charge in [0.15, 0.2) is 49.1 Å². The topological polar surface area (TPSA) is 57.7 Å². The number of pyridine rings is 8. The number of hydrogen-bond acceptors (Lipinski definition) is 1. The fourth-order valence-electron chi connectivity index (χ4n) is 18.1. The molecule has 0 saturated heterocycles. The third-order valence-corrected chi connectivity index (χ3v) is 26.4. The second-order valence-electron chi connectivity index (χ2n) is 37.5. The van der Waals surface area contributed by atoms with Crippen LogP contribution in [0.3, 0.4) is 0 Å². The minimum atomic E-state index is 0.950. The van der Waals surface area contributed by atoms with Gasteiger partial charge in [0, 0.05) is 164 Å². The lowest BCUT2D eigenvalue weighted by Crippen LogP contribution is -2.34. The van der Waals surface area contributed by atoms with Gasteiger partial charge in [-0.3, -0.25) is 0 Å². The Balaban J connectivity index is 0.000000152. The zero-order valence-electron chi connectivity index (χ0n) is 89.2. The summed E-state index contributed by atoms with van der Waals surface area (Å²) in [6.45, 7) is 41.0. The van der Waals surface area contributed by atoms with Crippen molar-refractivity contribution >= 4 is 0 Å². The molecule has 0 N–H and O–H groups in total. The highest BCUT2D eigenvalue weighted by Gasteiger charge is 2.25. The zero-order chi connectivity index (χ0) is 102. The Kier molecular flexibility index (Phi) is 37.8. The van der Waals surface area contributed by atoms with E-state index in [9.17, 15) is 0 Å². The number of hydrogen-bond donors (Lipinski definition) is 0. The Hall–Kier alpha value is -15.4. The van der Waals surface area contributed by atoms with E-state index in [2.05, 4.69) is 573 Å². The van der Waals surface area contributed by atoms with Crippen LogP contribution in [-0.2, 0) is 70.5 Å². The second-order valence-corrected chi connectivity index (χ2v) is 37.5. The van der Waals surface area contributed by atoms with E-state index in [0.29, 0.717) is 0 Å². The van der Waals surface area contributed by atoms with Gasteiger partial charge in [-0.05, 0) is 277 Å². The van der Waals surface area contributed by atoms with Crippen LogP contribution in [0.1, 0.15) is 106 Å². The van der Waals surface area contributed by atoms with Gasteiger partial charge in [-0.2, -0.15) is 9.13 Å². The lowest BCUT2D eigenvalue weighted by molar-refractivity contribution is -0.666. The van der Waals surface area contributed by atoms with Crippen molar-refractivity contribution < 1.29 is 41.1 Å². The number of benzene rings is 9. The summed E-state index contributed by atoms with van der Waals surface area (Å²) in [4.78, 5) is 4.43. The average Bonchev–Trinajstić information content (AvgIpc) is 1.64. The van der Waals surface area contributed by atoms with Crippen molar-refractivity contribution in [2.75, 3.05) is 0 Å². The van der Waals surface area contributed by atoms with E-state index in [1.54, 1.807) is 0 Å². The summed E-state index contributed by atoms with van der Waals surface area (Å²) >= 11 is 0. The van der Waals surface area contributed by atoms with E-state index < -0.39 is 0 Å². The molecule has 0 aliphatic carbocycles. The lowest BCUT2D eigenvalue weighted by atomic mass is 9.97. The van der Waals surface area contributed by atoms with E-state index in [1.807, 2.05) is 61.5 Å². The molecular weight excluding hydrogens is 1720 g/mol. The summed E-state index contributed by atoms with van der Waals surface area (Å²) in [5.74, 6) is 2.01. The van der Waals surface area contributed by atoms with Gasteiger partial charge in [0.1, 0.15) is 74.5 Å². The molecule has 0 radical (unpaired) electrons. The molecular formula is C129H149N12+9. The number of aryl methyl sites for hydroxylation is 26. The highest BCUT2D eigenvalue weighted by molar-refractivity contribution is 5.69. The molecule has 716 valence electrons. The molecule has 19 rings (SSSR count). The Morgan fingerprint density at radius 3 is 1.08 bits per heavy atom.